The van der Waals surface area contributed by atoms with E-state index in [1.165, 1.54) is 24.3 Å². The van der Waals surface area contributed by atoms with Crippen molar-refractivity contribution >= 4 is 0 Å². The topological polar surface area (TPSA) is 21.7 Å². The van der Waals surface area contributed by atoms with Gasteiger partial charge in [0.15, 0.2) is 0 Å². The van der Waals surface area contributed by atoms with Crippen molar-refractivity contribution in [1.29, 1.82) is 0 Å². The van der Waals surface area contributed by atoms with Crippen LogP contribution in [0.1, 0.15) is 24.3 Å². The summed E-state index contributed by atoms with van der Waals surface area (Å²) in [5, 5.41) is 0. The molecule has 2 aromatic rings. The van der Waals surface area contributed by atoms with Crippen LogP contribution in [0.3, 0.4) is 0 Å². The minimum Gasteiger partial charge on any atom is -0.457 e. The Balaban J connectivity index is 1.77. The first-order chi connectivity index (χ1) is 12.3. The van der Waals surface area contributed by atoms with Crippen molar-refractivity contribution in [2.75, 3.05) is 20.1 Å². The smallest absolute Gasteiger partial charge is 0.457 e. The number of alkyl halides is 3. The minimum absolute atomic E-state index is 0.259. The highest BCUT2D eigenvalue weighted by Gasteiger charge is 2.31. The van der Waals surface area contributed by atoms with E-state index >= 15 is 0 Å². The van der Waals surface area contributed by atoms with Crippen LogP contribution in [0.25, 0.3) is 0 Å². The molecule has 1 heterocycles. The van der Waals surface area contributed by atoms with Gasteiger partial charge in [0.25, 0.3) is 0 Å². The largest absolute Gasteiger partial charge is 0.573 e. The Hall–Kier alpha value is -2.28. The second-order valence-corrected chi connectivity index (χ2v) is 6.38. The molecule has 0 radical (unpaired) electrons. The van der Waals surface area contributed by atoms with E-state index < -0.39 is 12.2 Å². The van der Waals surface area contributed by atoms with E-state index in [2.05, 4.69) is 16.7 Å². The highest BCUT2D eigenvalue weighted by Crippen LogP contribution is 2.37. The van der Waals surface area contributed by atoms with Crippen molar-refractivity contribution in [1.82, 2.24) is 4.90 Å². The van der Waals surface area contributed by atoms with Gasteiger partial charge in [-0.15, -0.1) is 13.2 Å². The summed E-state index contributed by atoms with van der Waals surface area (Å²) in [5.74, 6) is 0.214. The van der Waals surface area contributed by atoms with E-state index in [0.717, 1.165) is 43.6 Å². The molecule has 3 rings (SSSR count). The van der Waals surface area contributed by atoms with Crippen LogP contribution < -0.4 is 9.47 Å². The number of halogens is 4. The standard InChI is InChI=1S/C19H19F4NO2/c1-24-10-8-13(9-11-24)17-7-2-14(20)12-18(17)25-15-3-5-16(6-4-15)26-19(21,22)23/h2-7,12-13H,8-11H2,1H3. The zero-order valence-corrected chi connectivity index (χ0v) is 14.2. The molecule has 1 aliphatic heterocycles. The van der Waals surface area contributed by atoms with E-state index in [4.69, 9.17) is 4.74 Å². The van der Waals surface area contributed by atoms with Gasteiger partial charge >= 0.3 is 6.36 Å². The molecule has 2 aromatic carbocycles. The maximum Gasteiger partial charge on any atom is 0.573 e. The number of piperidine rings is 1. The van der Waals surface area contributed by atoms with E-state index in [1.807, 2.05) is 0 Å². The normalized spacial score (nSPS) is 16.5. The van der Waals surface area contributed by atoms with E-state index in [0.29, 0.717) is 11.5 Å². The number of ether oxygens (including phenoxy) is 2. The average Bonchev–Trinajstić information content (AvgIpc) is 2.57. The van der Waals surface area contributed by atoms with Crippen LogP contribution in [-0.4, -0.2) is 31.4 Å². The van der Waals surface area contributed by atoms with E-state index in [-0.39, 0.29) is 11.7 Å². The first-order valence-electron chi connectivity index (χ1n) is 8.32. The number of benzene rings is 2. The predicted octanol–water partition coefficient (Wildman–Crippen LogP) is 5.33. The molecule has 0 aromatic heterocycles. The van der Waals surface area contributed by atoms with E-state index in [9.17, 15) is 17.6 Å². The van der Waals surface area contributed by atoms with Gasteiger partial charge in [-0.1, -0.05) is 6.07 Å². The molecule has 0 aliphatic carbocycles. The molecule has 140 valence electrons. The molecule has 26 heavy (non-hydrogen) atoms. The van der Waals surface area contributed by atoms with Crippen LogP contribution in [0.4, 0.5) is 17.6 Å². The van der Waals surface area contributed by atoms with Gasteiger partial charge in [-0.3, -0.25) is 0 Å². The third-order valence-corrected chi connectivity index (χ3v) is 4.42. The molecule has 0 saturated carbocycles. The molecular weight excluding hydrogens is 350 g/mol. The third kappa shape index (κ3) is 4.88. The average molecular weight is 369 g/mol. The highest BCUT2D eigenvalue weighted by atomic mass is 19.4. The molecule has 0 atom stereocenters. The predicted molar refractivity (Wildman–Crippen MR) is 89.1 cm³/mol. The van der Waals surface area contributed by atoms with Gasteiger partial charge in [-0.2, -0.15) is 0 Å². The quantitative estimate of drug-likeness (QED) is 0.681. The minimum atomic E-state index is -4.74. The Morgan fingerprint density at radius 3 is 2.19 bits per heavy atom. The Kier molecular flexibility index (Phi) is 5.36. The lowest BCUT2D eigenvalue weighted by molar-refractivity contribution is -0.274. The monoisotopic (exact) mass is 369 g/mol. The first-order valence-corrected chi connectivity index (χ1v) is 8.32. The van der Waals surface area contributed by atoms with E-state index in [1.54, 1.807) is 6.07 Å². The zero-order chi connectivity index (χ0) is 18.7. The Morgan fingerprint density at radius 1 is 0.962 bits per heavy atom. The summed E-state index contributed by atoms with van der Waals surface area (Å²) in [6.45, 7) is 1.90. The Morgan fingerprint density at radius 2 is 1.58 bits per heavy atom. The van der Waals surface area contributed by atoms with Crippen molar-refractivity contribution in [2.24, 2.45) is 0 Å². The summed E-state index contributed by atoms with van der Waals surface area (Å²) >= 11 is 0. The van der Waals surface area contributed by atoms with Gasteiger partial charge in [0.2, 0.25) is 0 Å². The first kappa shape index (κ1) is 18.5. The lowest BCUT2D eigenvalue weighted by Crippen LogP contribution is -2.29. The second kappa shape index (κ2) is 7.53. The molecule has 3 nitrogen and oxygen atoms in total. The SMILES string of the molecule is CN1CCC(c2ccc(F)cc2Oc2ccc(OC(F)(F)F)cc2)CC1. The maximum atomic E-state index is 13.7. The number of likely N-dealkylation sites (tertiary alicyclic amines) is 1. The highest BCUT2D eigenvalue weighted by molar-refractivity contribution is 5.42. The third-order valence-electron chi connectivity index (χ3n) is 4.42. The Bertz CT molecular complexity index is 738. The van der Waals surface area contributed by atoms with Gasteiger partial charge in [0.1, 0.15) is 23.1 Å². The van der Waals surface area contributed by atoms with Crippen LogP contribution in [-0.2, 0) is 0 Å². The van der Waals surface area contributed by atoms with Crippen LogP contribution in [0.15, 0.2) is 42.5 Å². The van der Waals surface area contributed by atoms with Crippen molar-refractivity contribution < 1.29 is 27.0 Å². The molecule has 1 saturated heterocycles. The summed E-state index contributed by atoms with van der Waals surface area (Å²) < 4.78 is 60.0. The molecule has 1 aliphatic rings. The van der Waals surface area contributed by atoms with Crippen LogP contribution in [0.5, 0.6) is 17.2 Å². The van der Waals surface area contributed by atoms with Crippen LogP contribution in [0, 0.1) is 5.82 Å². The van der Waals surface area contributed by atoms with Gasteiger partial charge in [0, 0.05) is 6.07 Å². The lowest BCUT2D eigenvalue weighted by atomic mass is 9.89. The van der Waals surface area contributed by atoms with Crippen molar-refractivity contribution in [2.45, 2.75) is 25.1 Å². The molecule has 7 heteroatoms. The van der Waals surface area contributed by atoms with Crippen molar-refractivity contribution in [3.63, 3.8) is 0 Å². The summed E-state index contributed by atoms with van der Waals surface area (Å²) in [4.78, 5) is 2.24. The summed E-state index contributed by atoms with van der Waals surface area (Å²) in [6, 6.07) is 9.50. The van der Waals surface area contributed by atoms with Crippen LogP contribution in [0.2, 0.25) is 0 Å². The lowest BCUT2D eigenvalue weighted by Gasteiger charge is -2.30. The van der Waals surface area contributed by atoms with Gasteiger partial charge < -0.3 is 14.4 Å². The second-order valence-electron chi connectivity index (χ2n) is 6.38. The van der Waals surface area contributed by atoms with Crippen molar-refractivity contribution in [3.05, 3.63) is 53.8 Å². The molecule has 0 unspecified atom stereocenters. The molecule has 0 N–H and O–H groups in total. The molecule has 0 spiro atoms. The number of hydrogen-bond donors (Lipinski definition) is 0. The fraction of sp³-hybridized carbons (Fsp3) is 0.368. The van der Waals surface area contributed by atoms with Crippen LogP contribution >= 0.6 is 0 Å². The summed E-state index contributed by atoms with van der Waals surface area (Å²) in [5.41, 5.74) is 0.912. The summed E-state index contributed by atoms with van der Waals surface area (Å²) in [7, 11) is 2.06. The fourth-order valence-electron chi connectivity index (χ4n) is 3.09. The molecule has 0 bridgehead atoms. The van der Waals surface area contributed by atoms with Gasteiger partial charge in [-0.25, -0.2) is 4.39 Å². The molecule has 1 fully saturated rings. The van der Waals surface area contributed by atoms with Gasteiger partial charge in [-0.05, 0) is 74.8 Å². The van der Waals surface area contributed by atoms with Gasteiger partial charge in [0.05, 0.1) is 0 Å². The zero-order valence-electron chi connectivity index (χ0n) is 14.2. The number of hydrogen-bond acceptors (Lipinski definition) is 3. The fourth-order valence-corrected chi connectivity index (χ4v) is 3.09. The Labute approximate surface area is 149 Å². The number of rotatable bonds is 4. The van der Waals surface area contributed by atoms with Crippen molar-refractivity contribution in [3.8, 4) is 17.2 Å². The maximum absolute atomic E-state index is 13.7. The summed E-state index contributed by atoms with van der Waals surface area (Å²) in [6.07, 6.45) is -2.86. The molecular formula is C19H19F4NO2. The molecule has 0 amide bonds. The number of nitrogens with zero attached hydrogens (tertiary/aromatic N) is 1.